The fraction of sp³-hybridized carbons (Fsp3) is 0.278. The minimum atomic E-state index is -0.348. The van der Waals surface area contributed by atoms with Gasteiger partial charge in [0.2, 0.25) is 0 Å². The highest BCUT2D eigenvalue weighted by atomic mass is 35.5. The first-order valence-electron chi connectivity index (χ1n) is 8.13. The molecule has 8 heteroatoms. The van der Waals surface area contributed by atoms with Crippen LogP contribution in [0.25, 0.3) is 21.8 Å². The van der Waals surface area contributed by atoms with E-state index in [4.69, 9.17) is 0 Å². The molecule has 0 aliphatic carbocycles. The highest BCUT2D eigenvalue weighted by Gasteiger charge is 2.18. The topological polar surface area (TPSA) is 80.1 Å². The monoisotopic (exact) mass is 396 g/mol. The standard InChI is InChI=1S/C18H20N4O2.2ClH/c1-2-10-19-11-12-20-18-13-6-3-4-7-14(13)21-15-8-5-9-16(17(15)18)22(23)24;;/h3-9,19H,2,10-12H2,1H3,(H,20,21);2*1H. The third kappa shape index (κ3) is 4.52. The van der Waals surface area contributed by atoms with Gasteiger partial charge in [0.05, 0.1) is 21.6 Å². The maximum absolute atomic E-state index is 11.5. The molecule has 3 rings (SSSR count). The SMILES string of the molecule is CCCNCCNc1c2ccccc2nc2cccc([N+](=O)[O-])c12.Cl.Cl. The molecule has 2 N–H and O–H groups in total. The average molecular weight is 397 g/mol. The van der Waals surface area contributed by atoms with Gasteiger partial charge >= 0.3 is 0 Å². The van der Waals surface area contributed by atoms with Crippen LogP contribution in [-0.4, -0.2) is 29.5 Å². The zero-order chi connectivity index (χ0) is 16.9. The van der Waals surface area contributed by atoms with E-state index in [1.807, 2.05) is 30.3 Å². The van der Waals surface area contributed by atoms with Gasteiger partial charge in [-0.1, -0.05) is 31.2 Å². The number of nitrogens with zero attached hydrogens (tertiary/aromatic N) is 2. The van der Waals surface area contributed by atoms with Gasteiger partial charge in [-0.25, -0.2) is 4.98 Å². The molecular formula is C18H22Cl2N4O2. The first-order chi connectivity index (χ1) is 11.7. The number of aromatic nitrogens is 1. The number of hydrogen-bond acceptors (Lipinski definition) is 5. The first kappa shape index (κ1) is 21.9. The molecule has 0 atom stereocenters. The Morgan fingerprint density at radius 2 is 1.73 bits per heavy atom. The molecule has 0 saturated carbocycles. The van der Waals surface area contributed by atoms with Crippen LogP contribution in [0.5, 0.6) is 0 Å². The Morgan fingerprint density at radius 3 is 2.46 bits per heavy atom. The summed E-state index contributed by atoms with van der Waals surface area (Å²) in [6.07, 6.45) is 1.08. The molecule has 0 fully saturated rings. The van der Waals surface area contributed by atoms with Crippen molar-refractivity contribution in [1.29, 1.82) is 0 Å². The van der Waals surface area contributed by atoms with Gasteiger partial charge in [0.25, 0.3) is 5.69 Å². The van der Waals surface area contributed by atoms with E-state index in [-0.39, 0.29) is 35.4 Å². The number of fused-ring (bicyclic) bond motifs is 2. The van der Waals surface area contributed by atoms with Crippen LogP contribution in [0.3, 0.4) is 0 Å². The predicted molar refractivity (Wildman–Crippen MR) is 112 cm³/mol. The lowest BCUT2D eigenvalue weighted by Gasteiger charge is -2.13. The van der Waals surface area contributed by atoms with Gasteiger partial charge in [0.15, 0.2) is 0 Å². The molecule has 6 nitrogen and oxygen atoms in total. The Morgan fingerprint density at radius 1 is 1.00 bits per heavy atom. The smallest absolute Gasteiger partial charge is 0.280 e. The van der Waals surface area contributed by atoms with Crippen LogP contribution in [-0.2, 0) is 0 Å². The Balaban J connectivity index is 0.00000169. The number of non-ortho nitro benzene ring substituents is 1. The maximum atomic E-state index is 11.5. The second-order valence-corrected chi connectivity index (χ2v) is 5.61. The summed E-state index contributed by atoms with van der Waals surface area (Å²) in [6.45, 7) is 4.56. The normalized spacial score (nSPS) is 10.2. The van der Waals surface area contributed by atoms with Crippen molar-refractivity contribution in [2.75, 3.05) is 25.0 Å². The van der Waals surface area contributed by atoms with Crippen molar-refractivity contribution >= 4 is 58.0 Å². The molecule has 0 saturated heterocycles. The van der Waals surface area contributed by atoms with Crippen molar-refractivity contribution < 1.29 is 4.92 Å². The van der Waals surface area contributed by atoms with Crippen LogP contribution in [0, 0.1) is 10.1 Å². The second-order valence-electron chi connectivity index (χ2n) is 5.61. The number of benzene rings is 2. The van der Waals surface area contributed by atoms with Crippen molar-refractivity contribution in [3.05, 3.63) is 52.6 Å². The molecule has 0 aliphatic heterocycles. The molecule has 0 radical (unpaired) electrons. The van der Waals surface area contributed by atoms with E-state index in [9.17, 15) is 10.1 Å². The number of rotatable bonds is 7. The van der Waals surface area contributed by atoms with Crippen LogP contribution < -0.4 is 10.6 Å². The summed E-state index contributed by atoms with van der Waals surface area (Å²) in [4.78, 5) is 15.7. The molecule has 3 aromatic rings. The molecular weight excluding hydrogens is 375 g/mol. The van der Waals surface area contributed by atoms with E-state index in [0.717, 1.165) is 36.1 Å². The Labute approximate surface area is 164 Å². The van der Waals surface area contributed by atoms with Crippen molar-refractivity contribution in [3.8, 4) is 0 Å². The minimum Gasteiger partial charge on any atom is -0.382 e. The minimum absolute atomic E-state index is 0. The molecule has 2 aromatic carbocycles. The van der Waals surface area contributed by atoms with Crippen LogP contribution in [0.15, 0.2) is 42.5 Å². The summed E-state index contributed by atoms with van der Waals surface area (Å²) >= 11 is 0. The van der Waals surface area contributed by atoms with Gasteiger partial charge in [0, 0.05) is 24.5 Å². The predicted octanol–water partition coefficient (Wildman–Crippen LogP) is 4.55. The van der Waals surface area contributed by atoms with Gasteiger partial charge in [-0.3, -0.25) is 10.1 Å². The lowest BCUT2D eigenvalue weighted by atomic mass is 10.1. The van der Waals surface area contributed by atoms with Crippen LogP contribution >= 0.6 is 24.8 Å². The Bertz CT molecular complexity index is 890. The number of pyridine rings is 1. The largest absolute Gasteiger partial charge is 0.382 e. The highest BCUT2D eigenvalue weighted by molar-refractivity contribution is 6.11. The van der Waals surface area contributed by atoms with Crippen molar-refractivity contribution in [2.24, 2.45) is 0 Å². The Hall–Kier alpha value is -2.15. The van der Waals surface area contributed by atoms with Crippen LogP contribution in [0.1, 0.15) is 13.3 Å². The molecule has 1 heterocycles. The van der Waals surface area contributed by atoms with Crippen LogP contribution in [0.2, 0.25) is 0 Å². The van der Waals surface area contributed by atoms with Crippen molar-refractivity contribution in [1.82, 2.24) is 10.3 Å². The summed E-state index contributed by atoms with van der Waals surface area (Å²) in [7, 11) is 0. The number of hydrogen-bond donors (Lipinski definition) is 2. The zero-order valence-corrected chi connectivity index (χ0v) is 16.0. The third-order valence-electron chi connectivity index (χ3n) is 3.91. The lowest BCUT2D eigenvalue weighted by molar-refractivity contribution is -0.383. The molecule has 140 valence electrons. The van der Waals surface area contributed by atoms with Crippen LogP contribution in [0.4, 0.5) is 11.4 Å². The summed E-state index contributed by atoms with van der Waals surface area (Å²) in [6, 6.07) is 12.7. The van der Waals surface area contributed by atoms with Gasteiger partial charge in [-0.15, -0.1) is 24.8 Å². The molecule has 0 bridgehead atoms. The lowest BCUT2D eigenvalue weighted by Crippen LogP contribution is -2.23. The molecule has 1 aromatic heterocycles. The quantitative estimate of drug-likeness (QED) is 0.265. The molecule has 26 heavy (non-hydrogen) atoms. The number of nitro benzene ring substituents is 1. The van der Waals surface area contributed by atoms with Gasteiger partial charge in [-0.05, 0) is 25.1 Å². The van der Waals surface area contributed by atoms with E-state index in [2.05, 4.69) is 22.5 Å². The first-order valence-corrected chi connectivity index (χ1v) is 8.13. The number of anilines is 1. The van der Waals surface area contributed by atoms with Gasteiger partial charge in [-0.2, -0.15) is 0 Å². The molecule has 0 spiro atoms. The Kier molecular flexibility index (Phi) is 8.51. The molecule has 0 amide bonds. The van der Waals surface area contributed by atoms with E-state index < -0.39 is 0 Å². The summed E-state index contributed by atoms with van der Waals surface area (Å²) in [5.41, 5.74) is 2.32. The number of para-hydroxylation sites is 1. The fourth-order valence-corrected chi connectivity index (χ4v) is 2.84. The number of nitro groups is 1. The second kappa shape index (κ2) is 10.1. The number of nitrogens with one attached hydrogen (secondary N) is 2. The van der Waals surface area contributed by atoms with Crippen molar-refractivity contribution in [3.63, 3.8) is 0 Å². The zero-order valence-electron chi connectivity index (χ0n) is 14.4. The number of halogens is 2. The third-order valence-corrected chi connectivity index (χ3v) is 3.91. The fourth-order valence-electron chi connectivity index (χ4n) is 2.84. The van der Waals surface area contributed by atoms with Crippen molar-refractivity contribution in [2.45, 2.75) is 13.3 Å². The summed E-state index contributed by atoms with van der Waals surface area (Å²) < 4.78 is 0. The van der Waals surface area contributed by atoms with E-state index in [0.29, 0.717) is 17.4 Å². The summed E-state index contributed by atoms with van der Waals surface area (Å²) in [5.74, 6) is 0. The van der Waals surface area contributed by atoms with Gasteiger partial charge in [0.1, 0.15) is 5.39 Å². The summed E-state index contributed by atoms with van der Waals surface area (Å²) in [5, 5.41) is 19.6. The molecule has 0 unspecified atom stereocenters. The van der Waals surface area contributed by atoms with E-state index in [1.54, 1.807) is 6.07 Å². The maximum Gasteiger partial charge on any atom is 0.280 e. The molecule has 0 aliphatic rings. The van der Waals surface area contributed by atoms with E-state index in [1.165, 1.54) is 6.07 Å². The average Bonchev–Trinajstić information content (AvgIpc) is 2.60. The van der Waals surface area contributed by atoms with Gasteiger partial charge < -0.3 is 10.6 Å². The highest BCUT2D eigenvalue weighted by Crippen LogP contribution is 2.36. The van der Waals surface area contributed by atoms with E-state index >= 15 is 0 Å².